The van der Waals surface area contributed by atoms with Crippen LogP contribution in [0.1, 0.15) is 33.6 Å². The smallest absolute Gasteiger partial charge is 0.113 e. The van der Waals surface area contributed by atoms with Crippen molar-refractivity contribution in [2.45, 2.75) is 39.8 Å². The summed E-state index contributed by atoms with van der Waals surface area (Å²) >= 11 is 0. The maximum absolute atomic E-state index is 5.78. The Kier molecular flexibility index (Phi) is 6.22. The molecule has 0 spiro atoms. The van der Waals surface area contributed by atoms with Gasteiger partial charge in [0.25, 0.3) is 0 Å². The summed E-state index contributed by atoms with van der Waals surface area (Å²) in [7, 11) is 0. The molecule has 90 valence electrons. The van der Waals surface area contributed by atoms with Gasteiger partial charge >= 0.3 is 0 Å². The van der Waals surface area contributed by atoms with Crippen molar-refractivity contribution in [2.24, 2.45) is 5.92 Å². The Hall–Kier alpha value is -0.120. The number of hydrogen-bond donors (Lipinski definition) is 0. The van der Waals surface area contributed by atoms with Crippen molar-refractivity contribution in [3.05, 3.63) is 0 Å². The zero-order valence-corrected chi connectivity index (χ0v) is 10.4. The predicted octanol–water partition coefficient (Wildman–Crippen LogP) is 2.12. The van der Waals surface area contributed by atoms with E-state index in [1.54, 1.807) is 0 Å². The van der Waals surface area contributed by atoms with Crippen LogP contribution < -0.4 is 0 Å². The summed E-state index contributed by atoms with van der Waals surface area (Å²) in [5, 5.41) is 0. The summed E-state index contributed by atoms with van der Waals surface area (Å²) in [6.45, 7) is 11.1. The number of hydrogen-bond acceptors (Lipinski definition) is 3. The van der Waals surface area contributed by atoms with Crippen molar-refractivity contribution in [3.8, 4) is 0 Å². The lowest BCUT2D eigenvalue weighted by atomic mass is 10.0. The molecule has 1 rings (SSSR count). The average Bonchev–Trinajstić information content (AvgIpc) is 2.67. The number of ether oxygens (including phenoxy) is 2. The number of nitrogens with zero attached hydrogens (tertiary/aromatic N) is 1. The van der Waals surface area contributed by atoms with E-state index in [2.05, 4.69) is 18.7 Å². The molecule has 0 N–H and O–H groups in total. The molecular formula is C12H25NO2. The highest BCUT2D eigenvalue weighted by molar-refractivity contribution is 4.74. The Labute approximate surface area is 93.7 Å². The summed E-state index contributed by atoms with van der Waals surface area (Å²) in [4.78, 5) is 2.41. The van der Waals surface area contributed by atoms with Crippen LogP contribution in [0.2, 0.25) is 0 Å². The number of rotatable bonds is 7. The lowest BCUT2D eigenvalue weighted by Gasteiger charge is -2.27. The van der Waals surface area contributed by atoms with Gasteiger partial charge in [-0.2, -0.15) is 0 Å². The molecule has 2 atom stereocenters. The van der Waals surface area contributed by atoms with E-state index in [4.69, 9.17) is 9.47 Å². The molecule has 1 aliphatic rings. The van der Waals surface area contributed by atoms with Crippen LogP contribution in [0, 0.1) is 5.92 Å². The van der Waals surface area contributed by atoms with Gasteiger partial charge in [0, 0.05) is 19.7 Å². The van der Waals surface area contributed by atoms with Crippen molar-refractivity contribution >= 4 is 0 Å². The second kappa shape index (κ2) is 7.20. The Balaban J connectivity index is 2.28. The molecule has 0 saturated carbocycles. The highest BCUT2D eigenvalue weighted by atomic mass is 16.5. The van der Waals surface area contributed by atoms with E-state index in [9.17, 15) is 0 Å². The zero-order chi connectivity index (χ0) is 11.1. The van der Waals surface area contributed by atoms with E-state index in [-0.39, 0.29) is 0 Å². The first-order valence-corrected chi connectivity index (χ1v) is 6.23. The molecule has 0 aromatic heterocycles. The van der Waals surface area contributed by atoms with Gasteiger partial charge in [-0.1, -0.05) is 20.3 Å². The van der Waals surface area contributed by atoms with Gasteiger partial charge in [-0.05, 0) is 19.3 Å². The molecule has 15 heavy (non-hydrogen) atoms. The van der Waals surface area contributed by atoms with Crippen LogP contribution >= 0.6 is 0 Å². The minimum atomic E-state index is 0.324. The largest absolute Gasteiger partial charge is 0.380 e. The molecule has 3 nitrogen and oxygen atoms in total. The Morgan fingerprint density at radius 1 is 1.47 bits per heavy atom. The predicted molar refractivity (Wildman–Crippen MR) is 61.9 cm³/mol. The lowest BCUT2D eigenvalue weighted by Crippen LogP contribution is -2.37. The van der Waals surface area contributed by atoms with Crippen LogP contribution in [0.15, 0.2) is 0 Å². The van der Waals surface area contributed by atoms with Gasteiger partial charge < -0.3 is 9.47 Å². The second-order valence-corrected chi connectivity index (χ2v) is 4.26. The van der Waals surface area contributed by atoms with Gasteiger partial charge in [-0.15, -0.1) is 0 Å². The molecule has 0 radical (unpaired) electrons. The summed E-state index contributed by atoms with van der Waals surface area (Å²) < 4.78 is 11.2. The Morgan fingerprint density at radius 2 is 2.27 bits per heavy atom. The molecule has 1 saturated heterocycles. The monoisotopic (exact) mass is 215 g/mol. The third kappa shape index (κ3) is 4.09. The van der Waals surface area contributed by atoms with E-state index in [0.29, 0.717) is 12.1 Å². The van der Waals surface area contributed by atoms with Gasteiger partial charge in [0.1, 0.15) is 6.23 Å². The zero-order valence-electron chi connectivity index (χ0n) is 10.4. The minimum absolute atomic E-state index is 0.324. The highest BCUT2D eigenvalue weighted by Gasteiger charge is 2.29. The van der Waals surface area contributed by atoms with Gasteiger partial charge in [-0.25, -0.2) is 0 Å². The van der Waals surface area contributed by atoms with E-state index in [0.717, 1.165) is 32.9 Å². The first-order valence-electron chi connectivity index (χ1n) is 6.23. The van der Waals surface area contributed by atoms with Gasteiger partial charge in [0.05, 0.1) is 13.2 Å². The molecule has 0 aromatic rings. The summed E-state index contributed by atoms with van der Waals surface area (Å²) in [5.74, 6) is 0.638. The third-order valence-corrected chi connectivity index (χ3v) is 2.98. The average molecular weight is 215 g/mol. The normalized spacial score (nSPS) is 24.6. The molecule has 1 aliphatic heterocycles. The first kappa shape index (κ1) is 12.9. The quantitative estimate of drug-likeness (QED) is 0.607. The molecule has 0 amide bonds. The standard InChI is InChI=1S/C12H25NO2/c1-4-6-11(3)12-13(8-10-15-12)7-9-14-5-2/h11-12H,4-10H2,1-3H3. The third-order valence-electron chi connectivity index (χ3n) is 2.98. The van der Waals surface area contributed by atoms with Crippen LogP contribution in [-0.4, -0.2) is 44.0 Å². The van der Waals surface area contributed by atoms with E-state index in [1.165, 1.54) is 12.8 Å². The van der Waals surface area contributed by atoms with Crippen molar-refractivity contribution < 1.29 is 9.47 Å². The van der Waals surface area contributed by atoms with Crippen molar-refractivity contribution in [2.75, 3.05) is 32.9 Å². The van der Waals surface area contributed by atoms with E-state index >= 15 is 0 Å². The van der Waals surface area contributed by atoms with Crippen molar-refractivity contribution in [1.82, 2.24) is 4.90 Å². The van der Waals surface area contributed by atoms with Crippen LogP contribution in [-0.2, 0) is 9.47 Å². The second-order valence-electron chi connectivity index (χ2n) is 4.26. The molecule has 3 heteroatoms. The maximum atomic E-state index is 5.78. The molecule has 2 unspecified atom stereocenters. The van der Waals surface area contributed by atoms with Crippen LogP contribution in [0.3, 0.4) is 0 Å². The van der Waals surface area contributed by atoms with Crippen LogP contribution in [0.4, 0.5) is 0 Å². The molecular weight excluding hydrogens is 190 g/mol. The Bertz CT molecular complexity index is 164. The highest BCUT2D eigenvalue weighted by Crippen LogP contribution is 2.21. The summed E-state index contributed by atoms with van der Waals surface area (Å²) in [6.07, 6.45) is 2.81. The molecule has 1 heterocycles. The summed E-state index contributed by atoms with van der Waals surface area (Å²) in [5.41, 5.74) is 0. The SMILES string of the molecule is CCCC(C)C1OCCN1CCOCC. The van der Waals surface area contributed by atoms with Gasteiger partial charge in [0.2, 0.25) is 0 Å². The fraction of sp³-hybridized carbons (Fsp3) is 1.00. The van der Waals surface area contributed by atoms with Crippen LogP contribution in [0.25, 0.3) is 0 Å². The molecule has 0 aliphatic carbocycles. The van der Waals surface area contributed by atoms with Crippen molar-refractivity contribution in [1.29, 1.82) is 0 Å². The molecule has 0 aromatic carbocycles. The fourth-order valence-corrected chi connectivity index (χ4v) is 2.21. The topological polar surface area (TPSA) is 21.7 Å². The first-order chi connectivity index (χ1) is 7.29. The van der Waals surface area contributed by atoms with E-state index in [1.807, 2.05) is 6.92 Å². The summed E-state index contributed by atoms with van der Waals surface area (Å²) in [6, 6.07) is 0. The van der Waals surface area contributed by atoms with Crippen molar-refractivity contribution in [3.63, 3.8) is 0 Å². The fourth-order valence-electron chi connectivity index (χ4n) is 2.21. The van der Waals surface area contributed by atoms with E-state index < -0.39 is 0 Å². The maximum Gasteiger partial charge on any atom is 0.113 e. The minimum Gasteiger partial charge on any atom is -0.380 e. The van der Waals surface area contributed by atoms with Crippen LogP contribution in [0.5, 0.6) is 0 Å². The van der Waals surface area contributed by atoms with Gasteiger partial charge in [0.15, 0.2) is 0 Å². The molecule has 1 fully saturated rings. The lowest BCUT2D eigenvalue weighted by molar-refractivity contribution is -0.0202. The molecule has 0 bridgehead atoms. The Morgan fingerprint density at radius 3 is 2.93 bits per heavy atom. The van der Waals surface area contributed by atoms with Gasteiger partial charge in [-0.3, -0.25) is 4.90 Å².